The Balaban J connectivity index is 1.90. The van der Waals surface area contributed by atoms with Gasteiger partial charge in [0.2, 0.25) is 0 Å². The van der Waals surface area contributed by atoms with Crippen LogP contribution in [0.2, 0.25) is 0 Å². The van der Waals surface area contributed by atoms with E-state index in [4.69, 9.17) is 9.47 Å². The SMILES string of the molecule is COc1cncc(OCc2cccc3c2cnn3C)c1C=O. The first-order chi connectivity index (χ1) is 10.7. The number of pyridine rings is 1. The number of carbonyl (C=O) groups is 1. The smallest absolute Gasteiger partial charge is 0.157 e. The molecule has 6 heteroatoms. The number of nitrogens with zero attached hydrogens (tertiary/aromatic N) is 3. The van der Waals surface area contributed by atoms with E-state index < -0.39 is 0 Å². The molecule has 0 N–H and O–H groups in total. The lowest BCUT2D eigenvalue weighted by atomic mass is 10.1. The first-order valence-electron chi connectivity index (χ1n) is 6.74. The van der Waals surface area contributed by atoms with E-state index in [1.54, 1.807) is 6.20 Å². The molecule has 0 saturated carbocycles. The molecule has 0 spiro atoms. The quantitative estimate of drug-likeness (QED) is 0.676. The standard InChI is InChI=1S/C16H15N3O3/c1-19-14-5-3-4-11(12(14)6-18-19)10-22-16-8-17-7-15(21-2)13(16)9-20/h3-9H,10H2,1-2H3. The van der Waals surface area contributed by atoms with Crippen molar-refractivity contribution in [1.29, 1.82) is 0 Å². The summed E-state index contributed by atoms with van der Waals surface area (Å²) in [6, 6.07) is 5.92. The van der Waals surface area contributed by atoms with Gasteiger partial charge in [0.05, 0.1) is 31.2 Å². The Morgan fingerprint density at radius 2 is 2.05 bits per heavy atom. The molecule has 112 valence electrons. The lowest BCUT2D eigenvalue weighted by Crippen LogP contribution is -2.01. The summed E-state index contributed by atoms with van der Waals surface area (Å²) in [5.74, 6) is 0.794. The van der Waals surface area contributed by atoms with Crippen LogP contribution in [0.25, 0.3) is 10.9 Å². The molecule has 3 aromatic rings. The van der Waals surface area contributed by atoms with Crippen molar-refractivity contribution < 1.29 is 14.3 Å². The van der Waals surface area contributed by atoms with E-state index >= 15 is 0 Å². The summed E-state index contributed by atoms with van der Waals surface area (Å²) >= 11 is 0. The average Bonchev–Trinajstić information content (AvgIpc) is 2.94. The van der Waals surface area contributed by atoms with Crippen LogP contribution < -0.4 is 9.47 Å². The molecule has 0 amide bonds. The van der Waals surface area contributed by atoms with Crippen molar-refractivity contribution in [3.63, 3.8) is 0 Å². The van der Waals surface area contributed by atoms with Crippen molar-refractivity contribution in [2.24, 2.45) is 7.05 Å². The molecule has 0 unspecified atom stereocenters. The maximum absolute atomic E-state index is 11.2. The van der Waals surface area contributed by atoms with Gasteiger partial charge >= 0.3 is 0 Å². The number of carbonyl (C=O) groups excluding carboxylic acids is 1. The Morgan fingerprint density at radius 3 is 2.82 bits per heavy atom. The van der Waals surface area contributed by atoms with Crippen LogP contribution in [0, 0.1) is 0 Å². The Morgan fingerprint density at radius 1 is 1.23 bits per heavy atom. The van der Waals surface area contributed by atoms with Crippen LogP contribution in [0.1, 0.15) is 15.9 Å². The molecule has 0 bridgehead atoms. The molecule has 0 saturated heterocycles. The van der Waals surface area contributed by atoms with E-state index in [1.165, 1.54) is 19.5 Å². The summed E-state index contributed by atoms with van der Waals surface area (Å²) < 4.78 is 12.7. The molecule has 0 aliphatic carbocycles. The van der Waals surface area contributed by atoms with Gasteiger partial charge in [0.15, 0.2) is 17.8 Å². The molecule has 2 aromatic heterocycles. The second kappa shape index (κ2) is 5.85. The van der Waals surface area contributed by atoms with Crippen molar-refractivity contribution in [2.75, 3.05) is 7.11 Å². The van der Waals surface area contributed by atoms with Crippen LogP contribution in [0.4, 0.5) is 0 Å². The van der Waals surface area contributed by atoms with E-state index in [1.807, 2.05) is 29.9 Å². The third-order valence-electron chi connectivity index (χ3n) is 3.52. The summed E-state index contributed by atoms with van der Waals surface area (Å²) in [5, 5.41) is 5.27. The van der Waals surface area contributed by atoms with Crippen molar-refractivity contribution >= 4 is 17.2 Å². The minimum Gasteiger partial charge on any atom is -0.494 e. The fourth-order valence-corrected chi connectivity index (χ4v) is 2.35. The van der Waals surface area contributed by atoms with Crippen LogP contribution >= 0.6 is 0 Å². The fourth-order valence-electron chi connectivity index (χ4n) is 2.35. The van der Waals surface area contributed by atoms with Gasteiger partial charge in [0, 0.05) is 18.0 Å². The Kier molecular flexibility index (Phi) is 3.74. The van der Waals surface area contributed by atoms with Gasteiger partial charge in [-0.3, -0.25) is 14.5 Å². The molecule has 0 radical (unpaired) electrons. The van der Waals surface area contributed by atoms with Crippen molar-refractivity contribution in [3.8, 4) is 11.5 Å². The predicted molar refractivity (Wildman–Crippen MR) is 81.2 cm³/mol. The van der Waals surface area contributed by atoms with Gasteiger partial charge in [0.1, 0.15) is 12.2 Å². The number of aryl methyl sites for hydroxylation is 1. The van der Waals surface area contributed by atoms with Crippen LogP contribution in [-0.2, 0) is 13.7 Å². The fraction of sp³-hybridized carbons (Fsp3) is 0.188. The molecule has 0 aliphatic heterocycles. The zero-order chi connectivity index (χ0) is 15.5. The monoisotopic (exact) mass is 297 g/mol. The molecule has 0 fully saturated rings. The number of methoxy groups -OCH3 is 1. The molecule has 1 aromatic carbocycles. The van der Waals surface area contributed by atoms with Gasteiger partial charge in [0.25, 0.3) is 0 Å². The second-order valence-electron chi connectivity index (χ2n) is 4.78. The lowest BCUT2D eigenvalue weighted by Gasteiger charge is -2.11. The van der Waals surface area contributed by atoms with Crippen molar-refractivity contribution in [1.82, 2.24) is 14.8 Å². The second-order valence-corrected chi connectivity index (χ2v) is 4.78. The number of fused-ring (bicyclic) bond motifs is 1. The molecule has 22 heavy (non-hydrogen) atoms. The lowest BCUT2D eigenvalue weighted by molar-refractivity contribution is 0.111. The van der Waals surface area contributed by atoms with Crippen molar-refractivity contribution in [2.45, 2.75) is 6.61 Å². The molecule has 0 atom stereocenters. The summed E-state index contributed by atoms with van der Waals surface area (Å²) in [5.41, 5.74) is 2.38. The molecule has 6 nitrogen and oxygen atoms in total. The Bertz CT molecular complexity index is 827. The highest BCUT2D eigenvalue weighted by molar-refractivity contribution is 5.83. The Hall–Kier alpha value is -2.89. The number of hydrogen-bond donors (Lipinski definition) is 0. The number of aromatic nitrogens is 3. The van der Waals surface area contributed by atoms with Crippen LogP contribution in [0.15, 0.2) is 36.8 Å². The zero-order valence-electron chi connectivity index (χ0n) is 12.3. The van der Waals surface area contributed by atoms with E-state index in [-0.39, 0.29) is 0 Å². The van der Waals surface area contributed by atoms with E-state index in [2.05, 4.69) is 10.1 Å². The molecular weight excluding hydrogens is 282 g/mol. The zero-order valence-corrected chi connectivity index (χ0v) is 12.3. The van der Waals surface area contributed by atoms with E-state index in [0.29, 0.717) is 30.0 Å². The molecule has 3 rings (SSSR count). The van der Waals surface area contributed by atoms with Gasteiger partial charge in [-0.1, -0.05) is 12.1 Å². The molecule has 2 heterocycles. The highest BCUT2D eigenvalue weighted by Crippen LogP contribution is 2.26. The summed E-state index contributed by atoms with van der Waals surface area (Å²) in [7, 11) is 3.38. The average molecular weight is 297 g/mol. The van der Waals surface area contributed by atoms with Crippen LogP contribution in [0.5, 0.6) is 11.5 Å². The highest BCUT2D eigenvalue weighted by Gasteiger charge is 2.11. The predicted octanol–water partition coefficient (Wildman–Crippen LogP) is 2.37. The third-order valence-corrected chi connectivity index (χ3v) is 3.52. The summed E-state index contributed by atoms with van der Waals surface area (Å²) in [6.45, 7) is 0.318. The van der Waals surface area contributed by atoms with Gasteiger partial charge in [-0.15, -0.1) is 0 Å². The maximum Gasteiger partial charge on any atom is 0.157 e. The molecule has 0 aliphatic rings. The number of rotatable bonds is 5. The minimum atomic E-state index is 0.318. The first-order valence-corrected chi connectivity index (χ1v) is 6.74. The maximum atomic E-state index is 11.2. The van der Waals surface area contributed by atoms with Gasteiger partial charge < -0.3 is 9.47 Å². The topological polar surface area (TPSA) is 66.2 Å². The number of ether oxygens (including phenoxy) is 2. The van der Waals surface area contributed by atoms with Crippen LogP contribution in [-0.4, -0.2) is 28.2 Å². The highest BCUT2D eigenvalue weighted by atomic mass is 16.5. The normalized spacial score (nSPS) is 10.6. The van der Waals surface area contributed by atoms with Gasteiger partial charge in [-0.05, 0) is 6.07 Å². The number of benzene rings is 1. The number of hydrogen-bond acceptors (Lipinski definition) is 5. The summed E-state index contributed by atoms with van der Waals surface area (Å²) in [6.07, 6.45) is 5.51. The van der Waals surface area contributed by atoms with E-state index in [9.17, 15) is 4.79 Å². The minimum absolute atomic E-state index is 0.318. The largest absolute Gasteiger partial charge is 0.494 e. The number of aldehydes is 1. The van der Waals surface area contributed by atoms with Gasteiger partial charge in [-0.25, -0.2) is 0 Å². The third kappa shape index (κ3) is 2.39. The summed E-state index contributed by atoms with van der Waals surface area (Å²) in [4.78, 5) is 15.3. The molecular formula is C16H15N3O3. The van der Waals surface area contributed by atoms with Crippen molar-refractivity contribution in [3.05, 3.63) is 47.9 Å². The Labute approximate surface area is 127 Å². The first kappa shape index (κ1) is 14.1. The van der Waals surface area contributed by atoms with Gasteiger partial charge in [-0.2, -0.15) is 5.10 Å². The van der Waals surface area contributed by atoms with Crippen LogP contribution in [0.3, 0.4) is 0 Å². The van der Waals surface area contributed by atoms with E-state index in [0.717, 1.165) is 16.5 Å².